The first-order chi connectivity index (χ1) is 10.6. The van der Waals surface area contributed by atoms with Crippen LogP contribution in [0.25, 0.3) is 0 Å². The maximum atomic E-state index is 11.2. The van der Waals surface area contributed by atoms with Gasteiger partial charge in [-0.2, -0.15) is 17.0 Å². The first-order valence-corrected chi connectivity index (χ1v) is 9.34. The monoisotopic (exact) mass is 316 g/mol. The van der Waals surface area contributed by atoms with E-state index in [4.69, 9.17) is 5.73 Å². The Balaban J connectivity index is 1.94. The van der Waals surface area contributed by atoms with Gasteiger partial charge in [0.1, 0.15) is 5.41 Å². The van der Waals surface area contributed by atoms with Gasteiger partial charge < -0.3 is 10.8 Å². The smallest absolute Gasteiger partial charge is 0.108 e. The maximum Gasteiger partial charge on any atom is 0.108 e. The van der Waals surface area contributed by atoms with E-state index in [0.717, 1.165) is 35.6 Å². The molecule has 1 atom stereocenters. The summed E-state index contributed by atoms with van der Waals surface area (Å²) in [5, 5.41) is 21.1. The average molecular weight is 316 g/mol. The Kier molecular flexibility index (Phi) is 4.38. The minimum absolute atomic E-state index is 0.554. The summed E-state index contributed by atoms with van der Waals surface area (Å²) in [6.07, 6.45) is 12.5. The number of nitrogens with two attached hydrogens (primary N) is 1. The number of hydrogen-bond acceptors (Lipinski definition) is 4. The van der Waals surface area contributed by atoms with Crippen molar-refractivity contribution in [1.82, 2.24) is 0 Å². The fourth-order valence-electron chi connectivity index (χ4n) is 3.84. The number of aliphatic hydroxyl groups is 1. The Labute approximate surface area is 137 Å². The van der Waals surface area contributed by atoms with Gasteiger partial charge in [-0.3, -0.25) is 0 Å². The Morgan fingerprint density at radius 3 is 2.68 bits per heavy atom. The zero-order valence-corrected chi connectivity index (χ0v) is 13.8. The molecule has 3 rings (SSSR count). The lowest BCUT2D eigenvalue weighted by molar-refractivity contribution is -0.0402. The third-order valence-corrected chi connectivity index (χ3v) is 6.37. The summed E-state index contributed by atoms with van der Waals surface area (Å²) in [5.74, 6) is 1.84. The van der Waals surface area contributed by atoms with Crippen molar-refractivity contribution in [2.24, 2.45) is 11.1 Å². The van der Waals surface area contributed by atoms with Crippen LogP contribution in [-0.2, 0) is 0 Å². The van der Waals surface area contributed by atoms with Crippen molar-refractivity contribution >= 4 is 11.8 Å². The summed E-state index contributed by atoms with van der Waals surface area (Å²) in [5.41, 5.74) is 7.62. The summed E-state index contributed by atoms with van der Waals surface area (Å²) < 4.78 is 0. The molecule has 0 aromatic heterocycles. The molecule has 0 bridgehead atoms. The van der Waals surface area contributed by atoms with Crippen LogP contribution in [0.2, 0.25) is 0 Å². The van der Waals surface area contributed by atoms with E-state index in [9.17, 15) is 10.4 Å². The van der Waals surface area contributed by atoms with Crippen molar-refractivity contribution in [3.05, 3.63) is 35.1 Å². The van der Waals surface area contributed by atoms with Gasteiger partial charge in [0.15, 0.2) is 0 Å². The predicted molar refractivity (Wildman–Crippen MR) is 91.1 cm³/mol. The van der Waals surface area contributed by atoms with Gasteiger partial charge in [0.25, 0.3) is 0 Å². The topological polar surface area (TPSA) is 70.0 Å². The molecule has 1 heterocycles. The number of nitriles is 1. The molecule has 0 aromatic rings. The maximum absolute atomic E-state index is 11.2. The van der Waals surface area contributed by atoms with Crippen LogP contribution in [0, 0.1) is 16.7 Å². The summed E-state index contributed by atoms with van der Waals surface area (Å²) in [6, 6.07) is 2.45. The second-order valence-corrected chi connectivity index (χ2v) is 7.87. The summed E-state index contributed by atoms with van der Waals surface area (Å²) in [7, 11) is 0. The third-order valence-electron chi connectivity index (χ3n) is 5.38. The highest BCUT2D eigenvalue weighted by Crippen LogP contribution is 2.49. The quantitative estimate of drug-likeness (QED) is 0.819. The van der Waals surface area contributed by atoms with Gasteiger partial charge >= 0.3 is 0 Å². The zero-order valence-electron chi connectivity index (χ0n) is 13.0. The van der Waals surface area contributed by atoms with Crippen molar-refractivity contribution in [3.63, 3.8) is 0 Å². The van der Waals surface area contributed by atoms with Crippen molar-refractivity contribution in [1.29, 1.82) is 5.26 Å². The van der Waals surface area contributed by atoms with Gasteiger partial charge in [-0.05, 0) is 73.7 Å². The van der Waals surface area contributed by atoms with Crippen LogP contribution in [0.1, 0.15) is 44.9 Å². The molecule has 0 aromatic carbocycles. The highest BCUT2D eigenvalue weighted by molar-refractivity contribution is 7.99. The third kappa shape index (κ3) is 2.61. The molecule has 22 heavy (non-hydrogen) atoms. The van der Waals surface area contributed by atoms with E-state index >= 15 is 0 Å². The lowest BCUT2D eigenvalue weighted by Crippen LogP contribution is -2.50. The second-order valence-electron chi connectivity index (χ2n) is 6.65. The predicted octanol–water partition coefficient (Wildman–Crippen LogP) is 3.43. The highest BCUT2D eigenvalue weighted by atomic mass is 32.2. The van der Waals surface area contributed by atoms with E-state index in [-0.39, 0.29) is 0 Å². The van der Waals surface area contributed by atoms with Crippen molar-refractivity contribution in [2.75, 3.05) is 11.5 Å². The first-order valence-electron chi connectivity index (χ1n) is 8.19. The van der Waals surface area contributed by atoms with E-state index in [2.05, 4.69) is 12.1 Å². The molecule has 0 spiro atoms. The lowest BCUT2D eigenvalue weighted by Gasteiger charge is -2.45. The zero-order chi connectivity index (χ0) is 15.6. The number of rotatable bonds is 2. The fraction of sp³-hybridized carbons (Fsp3) is 0.611. The number of thioether (sulfide) groups is 1. The van der Waals surface area contributed by atoms with Crippen LogP contribution >= 0.6 is 11.8 Å². The van der Waals surface area contributed by atoms with Gasteiger partial charge in [-0.1, -0.05) is 12.2 Å². The summed E-state index contributed by atoms with van der Waals surface area (Å²) in [4.78, 5) is 0. The van der Waals surface area contributed by atoms with E-state index < -0.39 is 11.0 Å². The van der Waals surface area contributed by atoms with E-state index in [1.165, 1.54) is 18.4 Å². The molecule has 1 aliphatic heterocycles. The van der Waals surface area contributed by atoms with Crippen LogP contribution in [0.5, 0.6) is 0 Å². The van der Waals surface area contributed by atoms with Gasteiger partial charge in [0, 0.05) is 5.70 Å². The number of nitrogens with zero attached hydrogens (tertiary/aromatic N) is 1. The summed E-state index contributed by atoms with van der Waals surface area (Å²) >= 11 is 1.86. The fourth-order valence-corrected chi connectivity index (χ4v) is 5.01. The standard InChI is InChI=1S/C18H24N2OS/c19-13-17(18(21)8-10-22-11-9-18)7-6-16(20)15(12-17)14-4-2-1-3-5-14/h4,6-7,21H,1-3,5,8-12,20H2. The minimum Gasteiger partial charge on any atom is -0.399 e. The molecule has 0 saturated carbocycles. The Hall–Kier alpha value is -1.18. The number of hydrogen-bond donors (Lipinski definition) is 2. The van der Waals surface area contributed by atoms with Gasteiger partial charge in [-0.25, -0.2) is 0 Å². The second kappa shape index (κ2) is 6.14. The Morgan fingerprint density at radius 2 is 2.05 bits per heavy atom. The Bertz CT molecular complexity index is 578. The first kappa shape index (κ1) is 15.7. The largest absolute Gasteiger partial charge is 0.399 e. The minimum atomic E-state index is -0.926. The van der Waals surface area contributed by atoms with E-state index in [1.807, 2.05) is 23.9 Å². The molecule has 1 fully saturated rings. The normalized spacial score (nSPS) is 31.5. The van der Waals surface area contributed by atoms with Crippen LogP contribution in [0.3, 0.4) is 0 Å². The molecule has 118 valence electrons. The molecule has 1 saturated heterocycles. The van der Waals surface area contributed by atoms with Gasteiger partial charge in [-0.15, -0.1) is 0 Å². The number of allylic oxidation sites excluding steroid dienone is 4. The molecule has 3 nitrogen and oxygen atoms in total. The molecule has 2 aliphatic carbocycles. The molecule has 1 unspecified atom stereocenters. The molecule has 0 amide bonds. The SMILES string of the molecule is N#CC1(C2(O)CCSCC2)C=CC(N)=C(C2=CCCCC2)C1. The van der Waals surface area contributed by atoms with Crippen LogP contribution in [0.15, 0.2) is 35.1 Å². The molecule has 3 aliphatic rings. The molecule has 3 N–H and O–H groups in total. The van der Waals surface area contributed by atoms with Crippen molar-refractivity contribution in [3.8, 4) is 6.07 Å². The average Bonchev–Trinajstić information content (AvgIpc) is 2.57. The highest BCUT2D eigenvalue weighted by Gasteiger charge is 2.51. The van der Waals surface area contributed by atoms with Gasteiger partial charge in [0.2, 0.25) is 0 Å². The molecular formula is C18H24N2OS. The van der Waals surface area contributed by atoms with E-state index in [0.29, 0.717) is 19.3 Å². The van der Waals surface area contributed by atoms with Gasteiger partial charge in [0.05, 0.1) is 11.7 Å². The van der Waals surface area contributed by atoms with Crippen LogP contribution in [-0.4, -0.2) is 22.2 Å². The van der Waals surface area contributed by atoms with Crippen molar-refractivity contribution < 1.29 is 5.11 Å². The molecular weight excluding hydrogens is 292 g/mol. The van der Waals surface area contributed by atoms with Crippen molar-refractivity contribution in [2.45, 2.75) is 50.5 Å². The molecule has 0 radical (unpaired) electrons. The lowest BCUT2D eigenvalue weighted by atomic mass is 9.63. The van der Waals surface area contributed by atoms with Crippen LogP contribution < -0.4 is 5.73 Å². The van der Waals surface area contributed by atoms with Crippen LogP contribution in [0.4, 0.5) is 0 Å². The molecule has 4 heteroatoms. The Morgan fingerprint density at radius 1 is 1.27 bits per heavy atom. The summed E-state index contributed by atoms with van der Waals surface area (Å²) in [6.45, 7) is 0. The van der Waals surface area contributed by atoms with E-state index in [1.54, 1.807) is 0 Å².